The maximum absolute atomic E-state index is 5.64. The summed E-state index contributed by atoms with van der Waals surface area (Å²) in [7, 11) is 0. The van der Waals surface area contributed by atoms with E-state index in [0.29, 0.717) is 0 Å². The van der Waals surface area contributed by atoms with Gasteiger partial charge in [-0.2, -0.15) is 0 Å². The minimum absolute atomic E-state index is 0. The van der Waals surface area contributed by atoms with Crippen molar-refractivity contribution in [3.63, 3.8) is 0 Å². The molecule has 1 aromatic carbocycles. The average Bonchev–Trinajstić information content (AvgIpc) is 2.48. The summed E-state index contributed by atoms with van der Waals surface area (Å²) in [5, 5.41) is 3.42. The van der Waals surface area contributed by atoms with Gasteiger partial charge in [0, 0.05) is 5.54 Å². The Morgan fingerprint density at radius 2 is 1.93 bits per heavy atom. The molecule has 3 heteroatoms. The summed E-state index contributed by atoms with van der Waals surface area (Å²) in [5.41, 5.74) is 1.30. The molecule has 1 aliphatic heterocycles. The lowest BCUT2D eigenvalue weighted by Gasteiger charge is -2.16. The monoisotopic (exact) mass is 213 g/mol. The van der Waals surface area contributed by atoms with E-state index in [2.05, 4.69) is 31.3 Å². The van der Waals surface area contributed by atoms with Crippen LogP contribution in [0.15, 0.2) is 30.3 Å². The van der Waals surface area contributed by atoms with Crippen LogP contribution < -0.4 is 5.32 Å². The van der Waals surface area contributed by atoms with E-state index in [0.717, 1.165) is 6.61 Å². The molecule has 2 nitrogen and oxygen atoms in total. The van der Waals surface area contributed by atoms with Crippen molar-refractivity contribution in [1.82, 2.24) is 5.32 Å². The Morgan fingerprint density at radius 1 is 1.29 bits per heavy atom. The highest BCUT2D eigenvalue weighted by Gasteiger charge is 2.31. The molecule has 1 unspecified atom stereocenters. The number of ether oxygens (including phenoxy) is 1. The van der Waals surface area contributed by atoms with E-state index in [1.165, 1.54) is 5.56 Å². The molecule has 0 saturated carbocycles. The number of halogens is 1. The fraction of sp³-hybridized carbons (Fsp3) is 0.455. The Morgan fingerprint density at radius 3 is 2.43 bits per heavy atom. The maximum Gasteiger partial charge on any atom is 0.134 e. The van der Waals surface area contributed by atoms with E-state index in [-0.39, 0.29) is 24.2 Å². The summed E-state index contributed by atoms with van der Waals surface area (Å²) in [6.45, 7) is 5.07. The third-order valence-corrected chi connectivity index (χ3v) is 2.23. The fourth-order valence-electron chi connectivity index (χ4n) is 1.54. The van der Waals surface area contributed by atoms with Gasteiger partial charge in [0.1, 0.15) is 6.23 Å². The molecular formula is C11H16ClNO. The first-order valence-electron chi connectivity index (χ1n) is 4.62. The molecule has 0 aliphatic carbocycles. The molecule has 1 saturated heterocycles. The zero-order valence-corrected chi connectivity index (χ0v) is 9.30. The Bertz CT molecular complexity index is 287. The summed E-state index contributed by atoms with van der Waals surface area (Å²) >= 11 is 0. The lowest BCUT2D eigenvalue weighted by atomic mass is 10.1. The molecule has 1 aliphatic rings. The molecule has 1 atom stereocenters. The van der Waals surface area contributed by atoms with Crippen LogP contribution in [0.3, 0.4) is 0 Å². The molecule has 2 rings (SSSR count). The minimum atomic E-state index is 0. The Kier molecular flexibility index (Phi) is 3.53. The predicted octanol–water partition coefficient (Wildman–Crippen LogP) is 2.51. The highest BCUT2D eigenvalue weighted by atomic mass is 35.5. The van der Waals surface area contributed by atoms with Gasteiger partial charge in [0.25, 0.3) is 0 Å². The molecule has 0 spiro atoms. The molecule has 1 aromatic rings. The molecule has 0 bridgehead atoms. The van der Waals surface area contributed by atoms with Crippen LogP contribution in [0.2, 0.25) is 0 Å². The summed E-state index contributed by atoms with van der Waals surface area (Å²) < 4.78 is 5.64. The molecule has 0 radical (unpaired) electrons. The van der Waals surface area contributed by atoms with Gasteiger partial charge < -0.3 is 4.74 Å². The van der Waals surface area contributed by atoms with Crippen LogP contribution in [-0.4, -0.2) is 12.1 Å². The van der Waals surface area contributed by atoms with Gasteiger partial charge in [-0.05, 0) is 19.4 Å². The molecule has 0 amide bonds. The fourth-order valence-corrected chi connectivity index (χ4v) is 1.54. The lowest BCUT2D eigenvalue weighted by Crippen LogP contribution is -2.35. The molecule has 1 heterocycles. The lowest BCUT2D eigenvalue weighted by molar-refractivity contribution is 0.0989. The zero-order chi connectivity index (χ0) is 9.31. The summed E-state index contributed by atoms with van der Waals surface area (Å²) in [4.78, 5) is 0. The SMILES string of the molecule is CC1(C)COC(c2ccccc2)N1.Cl. The number of rotatable bonds is 1. The van der Waals surface area contributed by atoms with Crippen molar-refractivity contribution in [3.05, 3.63) is 35.9 Å². The van der Waals surface area contributed by atoms with Gasteiger partial charge in [0.15, 0.2) is 0 Å². The first-order valence-corrected chi connectivity index (χ1v) is 4.62. The summed E-state index contributed by atoms with van der Waals surface area (Å²) in [6.07, 6.45) is 0.0659. The van der Waals surface area contributed by atoms with Gasteiger partial charge >= 0.3 is 0 Å². The number of nitrogens with one attached hydrogen (secondary N) is 1. The zero-order valence-electron chi connectivity index (χ0n) is 8.49. The van der Waals surface area contributed by atoms with Crippen LogP contribution in [0.4, 0.5) is 0 Å². The van der Waals surface area contributed by atoms with Crippen LogP contribution in [0.25, 0.3) is 0 Å². The number of hydrogen-bond acceptors (Lipinski definition) is 2. The van der Waals surface area contributed by atoms with Gasteiger partial charge in [-0.15, -0.1) is 12.4 Å². The summed E-state index contributed by atoms with van der Waals surface area (Å²) in [5.74, 6) is 0. The predicted molar refractivity (Wildman–Crippen MR) is 59.6 cm³/mol. The quantitative estimate of drug-likeness (QED) is 0.774. The van der Waals surface area contributed by atoms with Gasteiger partial charge in [-0.1, -0.05) is 30.3 Å². The van der Waals surface area contributed by atoms with E-state index >= 15 is 0 Å². The van der Waals surface area contributed by atoms with Gasteiger partial charge in [-0.3, -0.25) is 5.32 Å². The molecular weight excluding hydrogens is 198 g/mol. The highest BCUT2D eigenvalue weighted by Crippen LogP contribution is 2.25. The van der Waals surface area contributed by atoms with Crippen molar-refractivity contribution >= 4 is 12.4 Å². The first-order chi connectivity index (χ1) is 6.17. The van der Waals surface area contributed by atoms with Crippen molar-refractivity contribution in [3.8, 4) is 0 Å². The van der Waals surface area contributed by atoms with Crippen LogP contribution in [0.1, 0.15) is 25.6 Å². The molecule has 0 aromatic heterocycles. The topological polar surface area (TPSA) is 21.3 Å². The largest absolute Gasteiger partial charge is 0.357 e. The van der Waals surface area contributed by atoms with Crippen LogP contribution in [0, 0.1) is 0 Å². The Balaban J connectivity index is 0.000000980. The van der Waals surface area contributed by atoms with Crippen LogP contribution in [-0.2, 0) is 4.74 Å². The normalized spacial score (nSPS) is 24.3. The first kappa shape index (κ1) is 11.5. The highest BCUT2D eigenvalue weighted by molar-refractivity contribution is 5.85. The van der Waals surface area contributed by atoms with Gasteiger partial charge in [-0.25, -0.2) is 0 Å². The summed E-state index contributed by atoms with van der Waals surface area (Å²) in [6, 6.07) is 10.2. The number of hydrogen-bond donors (Lipinski definition) is 1. The van der Waals surface area contributed by atoms with E-state index in [1.54, 1.807) is 0 Å². The van der Waals surface area contributed by atoms with E-state index in [1.807, 2.05) is 18.2 Å². The van der Waals surface area contributed by atoms with Crippen molar-refractivity contribution in [2.24, 2.45) is 0 Å². The second-order valence-corrected chi connectivity index (χ2v) is 4.13. The average molecular weight is 214 g/mol. The maximum atomic E-state index is 5.64. The molecule has 78 valence electrons. The second-order valence-electron chi connectivity index (χ2n) is 4.13. The smallest absolute Gasteiger partial charge is 0.134 e. The van der Waals surface area contributed by atoms with Crippen LogP contribution in [0.5, 0.6) is 0 Å². The Labute approximate surface area is 91.1 Å². The van der Waals surface area contributed by atoms with Crippen LogP contribution >= 0.6 is 12.4 Å². The van der Waals surface area contributed by atoms with E-state index in [4.69, 9.17) is 4.74 Å². The second kappa shape index (κ2) is 4.30. The Hall–Kier alpha value is -0.570. The van der Waals surface area contributed by atoms with Gasteiger partial charge in [0.2, 0.25) is 0 Å². The van der Waals surface area contributed by atoms with Crippen molar-refractivity contribution < 1.29 is 4.74 Å². The third-order valence-electron chi connectivity index (χ3n) is 2.23. The van der Waals surface area contributed by atoms with E-state index in [9.17, 15) is 0 Å². The third kappa shape index (κ3) is 2.47. The standard InChI is InChI=1S/C11H15NO.ClH/c1-11(2)8-13-10(12-11)9-6-4-3-5-7-9;/h3-7,10,12H,8H2,1-2H3;1H. The van der Waals surface area contributed by atoms with E-state index < -0.39 is 0 Å². The van der Waals surface area contributed by atoms with Gasteiger partial charge in [0.05, 0.1) is 6.61 Å². The van der Waals surface area contributed by atoms with Crippen molar-refractivity contribution in [1.29, 1.82) is 0 Å². The minimum Gasteiger partial charge on any atom is -0.357 e. The molecule has 1 N–H and O–H groups in total. The molecule has 1 fully saturated rings. The number of benzene rings is 1. The molecule has 14 heavy (non-hydrogen) atoms. The van der Waals surface area contributed by atoms with Crippen molar-refractivity contribution in [2.45, 2.75) is 25.6 Å². The van der Waals surface area contributed by atoms with Crippen molar-refractivity contribution in [2.75, 3.05) is 6.61 Å².